The van der Waals surface area contributed by atoms with Crippen LogP contribution in [0, 0.1) is 11.8 Å². The molecule has 0 aliphatic rings. The van der Waals surface area contributed by atoms with E-state index in [1.165, 1.54) is 19.2 Å². The Bertz CT molecular complexity index is 443. The van der Waals surface area contributed by atoms with Crippen molar-refractivity contribution in [3.05, 3.63) is 29.3 Å². The second-order valence-electron chi connectivity index (χ2n) is 3.15. The van der Waals surface area contributed by atoms with Crippen LogP contribution in [0.5, 0.6) is 5.75 Å². The van der Waals surface area contributed by atoms with Gasteiger partial charge in [0.1, 0.15) is 5.75 Å². The number of methoxy groups -OCH3 is 1. The quantitative estimate of drug-likeness (QED) is 0.596. The molecular formula is C12H10BrF3O. The van der Waals surface area contributed by atoms with Crippen molar-refractivity contribution in [2.24, 2.45) is 0 Å². The SMILES string of the molecule is COc1cc(C#CCCBr)ccc1C(F)(F)F. The molecule has 0 aromatic heterocycles. The smallest absolute Gasteiger partial charge is 0.419 e. The van der Waals surface area contributed by atoms with Crippen LogP contribution in [-0.4, -0.2) is 12.4 Å². The topological polar surface area (TPSA) is 9.23 Å². The highest BCUT2D eigenvalue weighted by Gasteiger charge is 2.34. The number of hydrogen-bond donors (Lipinski definition) is 0. The second-order valence-corrected chi connectivity index (χ2v) is 3.95. The lowest BCUT2D eigenvalue weighted by Crippen LogP contribution is -2.07. The van der Waals surface area contributed by atoms with Gasteiger partial charge in [-0.25, -0.2) is 0 Å². The summed E-state index contributed by atoms with van der Waals surface area (Å²) in [7, 11) is 1.21. The average Bonchev–Trinajstić information content (AvgIpc) is 2.28. The predicted molar refractivity (Wildman–Crippen MR) is 63.3 cm³/mol. The van der Waals surface area contributed by atoms with Crippen LogP contribution in [0.1, 0.15) is 17.5 Å². The molecule has 0 saturated carbocycles. The lowest BCUT2D eigenvalue weighted by molar-refractivity contribution is -0.138. The minimum atomic E-state index is -4.41. The fourth-order valence-corrected chi connectivity index (χ4v) is 1.41. The first-order valence-corrected chi connectivity index (χ1v) is 5.91. The minimum absolute atomic E-state index is 0.205. The molecule has 0 aliphatic carbocycles. The Kier molecular flexibility index (Phi) is 4.88. The highest BCUT2D eigenvalue weighted by molar-refractivity contribution is 9.09. The summed E-state index contributed by atoms with van der Waals surface area (Å²) in [5.74, 6) is 5.39. The van der Waals surface area contributed by atoms with Crippen molar-refractivity contribution < 1.29 is 17.9 Å². The highest BCUT2D eigenvalue weighted by atomic mass is 79.9. The van der Waals surface area contributed by atoms with Crippen LogP contribution in [-0.2, 0) is 6.18 Å². The van der Waals surface area contributed by atoms with Crippen molar-refractivity contribution in [2.45, 2.75) is 12.6 Å². The van der Waals surface area contributed by atoms with E-state index in [0.29, 0.717) is 12.0 Å². The molecule has 0 unspecified atom stereocenters. The number of hydrogen-bond acceptors (Lipinski definition) is 1. The van der Waals surface area contributed by atoms with Crippen LogP contribution < -0.4 is 4.74 Å². The van der Waals surface area contributed by atoms with Gasteiger partial charge in [-0.2, -0.15) is 13.2 Å². The molecule has 1 rings (SSSR count). The van der Waals surface area contributed by atoms with Crippen LogP contribution in [0.4, 0.5) is 13.2 Å². The van der Waals surface area contributed by atoms with Gasteiger partial charge in [0.15, 0.2) is 0 Å². The van der Waals surface area contributed by atoms with Crippen molar-refractivity contribution >= 4 is 15.9 Å². The molecule has 1 aromatic carbocycles. The van der Waals surface area contributed by atoms with E-state index in [4.69, 9.17) is 4.74 Å². The van der Waals surface area contributed by atoms with E-state index in [2.05, 4.69) is 27.8 Å². The van der Waals surface area contributed by atoms with Crippen molar-refractivity contribution in [1.29, 1.82) is 0 Å². The summed E-state index contributed by atoms with van der Waals surface area (Å²) in [6.07, 6.45) is -3.77. The summed E-state index contributed by atoms with van der Waals surface area (Å²) in [4.78, 5) is 0. The summed E-state index contributed by atoms with van der Waals surface area (Å²) in [6.45, 7) is 0. The monoisotopic (exact) mass is 306 g/mol. The Hall–Kier alpha value is -1.15. The third-order valence-corrected chi connectivity index (χ3v) is 2.36. The Morgan fingerprint density at radius 2 is 2.06 bits per heavy atom. The first kappa shape index (κ1) is 13.9. The fraction of sp³-hybridized carbons (Fsp3) is 0.333. The normalized spacial score (nSPS) is 10.6. The van der Waals surface area contributed by atoms with Crippen LogP contribution >= 0.6 is 15.9 Å². The molecule has 0 bridgehead atoms. The summed E-state index contributed by atoms with van der Waals surface area (Å²) < 4.78 is 42.4. The van der Waals surface area contributed by atoms with Gasteiger partial charge >= 0.3 is 6.18 Å². The van der Waals surface area contributed by atoms with Crippen molar-refractivity contribution in [2.75, 3.05) is 12.4 Å². The third-order valence-electron chi connectivity index (χ3n) is 1.96. The predicted octanol–water partition coefficient (Wildman–Crippen LogP) is 3.85. The maximum absolute atomic E-state index is 12.6. The number of halogens is 4. The zero-order chi connectivity index (χ0) is 12.9. The molecule has 0 amide bonds. The molecule has 0 radical (unpaired) electrons. The summed E-state index contributed by atoms with van der Waals surface area (Å²) in [5.41, 5.74) is -0.276. The highest BCUT2D eigenvalue weighted by Crippen LogP contribution is 2.36. The molecule has 0 fully saturated rings. The number of ether oxygens (including phenoxy) is 1. The molecule has 1 aromatic rings. The van der Waals surface area contributed by atoms with E-state index >= 15 is 0 Å². The third kappa shape index (κ3) is 3.97. The van der Waals surface area contributed by atoms with E-state index in [9.17, 15) is 13.2 Å². The molecule has 0 aliphatic heterocycles. The van der Waals surface area contributed by atoms with Gasteiger partial charge in [-0.05, 0) is 18.2 Å². The Morgan fingerprint density at radius 3 is 2.59 bits per heavy atom. The molecule has 0 heterocycles. The molecule has 17 heavy (non-hydrogen) atoms. The Balaban J connectivity index is 3.06. The van der Waals surface area contributed by atoms with Crippen LogP contribution in [0.2, 0.25) is 0 Å². The standard InChI is InChI=1S/C12H10BrF3O/c1-17-11-8-9(4-2-3-7-13)5-6-10(11)12(14,15)16/h5-6,8H,3,7H2,1H3. The number of benzene rings is 1. The molecule has 0 atom stereocenters. The zero-order valence-corrected chi connectivity index (χ0v) is 10.7. The van der Waals surface area contributed by atoms with Crippen molar-refractivity contribution in [1.82, 2.24) is 0 Å². The first-order valence-electron chi connectivity index (χ1n) is 4.79. The van der Waals surface area contributed by atoms with Crippen LogP contribution in [0.15, 0.2) is 18.2 Å². The second kappa shape index (κ2) is 5.97. The van der Waals surface area contributed by atoms with Crippen molar-refractivity contribution in [3.8, 4) is 17.6 Å². The zero-order valence-electron chi connectivity index (χ0n) is 9.07. The van der Waals surface area contributed by atoms with Crippen LogP contribution in [0.3, 0.4) is 0 Å². The molecule has 5 heteroatoms. The summed E-state index contributed by atoms with van der Waals surface area (Å²) in [5, 5.41) is 0.734. The van der Waals surface area contributed by atoms with Crippen molar-refractivity contribution in [3.63, 3.8) is 0 Å². The van der Waals surface area contributed by atoms with Gasteiger partial charge in [0.05, 0.1) is 12.7 Å². The van der Waals surface area contributed by atoms with Gasteiger partial charge in [-0.15, -0.1) is 0 Å². The number of alkyl halides is 4. The van der Waals surface area contributed by atoms with Gasteiger partial charge < -0.3 is 4.74 Å². The van der Waals surface area contributed by atoms with E-state index < -0.39 is 11.7 Å². The Morgan fingerprint density at radius 1 is 1.35 bits per heavy atom. The van der Waals surface area contributed by atoms with Gasteiger partial charge in [0.2, 0.25) is 0 Å². The minimum Gasteiger partial charge on any atom is -0.496 e. The van der Waals surface area contributed by atoms with E-state index in [1.54, 1.807) is 0 Å². The van der Waals surface area contributed by atoms with Gasteiger partial charge in [0, 0.05) is 17.3 Å². The molecular weight excluding hydrogens is 297 g/mol. The summed E-state index contributed by atoms with van der Waals surface area (Å²) >= 11 is 3.21. The maximum atomic E-state index is 12.6. The maximum Gasteiger partial charge on any atom is 0.419 e. The average molecular weight is 307 g/mol. The molecule has 0 spiro atoms. The van der Waals surface area contributed by atoms with Gasteiger partial charge in [-0.1, -0.05) is 27.8 Å². The first-order chi connectivity index (χ1) is 7.99. The largest absolute Gasteiger partial charge is 0.496 e. The fourth-order valence-electron chi connectivity index (χ4n) is 1.21. The molecule has 0 N–H and O–H groups in total. The molecule has 92 valence electrons. The van der Waals surface area contributed by atoms with E-state index in [1.807, 2.05) is 0 Å². The molecule has 0 saturated heterocycles. The number of rotatable bonds is 2. The van der Waals surface area contributed by atoms with Gasteiger partial charge in [-0.3, -0.25) is 0 Å². The lowest BCUT2D eigenvalue weighted by Gasteiger charge is -2.11. The molecule has 1 nitrogen and oxygen atoms in total. The summed E-state index contributed by atoms with van der Waals surface area (Å²) in [6, 6.07) is 3.62. The van der Waals surface area contributed by atoms with E-state index in [0.717, 1.165) is 11.4 Å². The lowest BCUT2D eigenvalue weighted by atomic mass is 10.1. The van der Waals surface area contributed by atoms with Gasteiger partial charge in [0.25, 0.3) is 0 Å². The van der Waals surface area contributed by atoms with E-state index in [-0.39, 0.29) is 5.75 Å². The van der Waals surface area contributed by atoms with Crippen LogP contribution in [0.25, 0.3) is 0 Å². The Labute approximate surface area is 106 Å².